The van der Waals surface area contributed by atoms with E-state index in [-0.39, 0.29) is 23.6 Å². The van der Waals surface area contributed by atoms with Crippen molar-refractivity contribution in [1.29, 1.82) is 0 Å². The van der Waals surface area contributed by atoms with Gasteiger partial charge in [-0.25, -0.2) is 0 Å². The maximum absolute atomic E-state index is 12.2. The van der Waals surface area contributed by atoms with Crippen molar-refractivity contribution in [3.05, 3.63) is 29.8 Å². The first kappa shape index (κ1) is 16.6. The normalized spacial score (nSPS) is 22.6. The molecule has 1 aromatic rings. The molecule has 0 aromatic heterocycles. The molecule has 0 amide bonds. The van der Waals surface area contributed by atoms with Crippen LogP contribution in [0.3, 0.4) is 0 Å². The molecular weight excluding hydrogens is 299 g/mol. The summed E-state index contributed by atoms with van der Waals surface area (Å²) in [4.78, 5) is 14.0. The standard InChI is InChI=1S/C15H18F3NO3/c1-3-21-14(20)13-9-19(2)8-12(13)10-4-6-11(7-5-10)22-15(16,17)18/h4-7,12-13H,3,8-9H2,1-2H3. The van der Waals surface area contributed by atoms with Crippen LogP contribution in [0.4, 0.5) is 13.2 Å². The van der Waals surface area contributed by atoms with Crippen LogP contribution < -0.4 is 4.74 Å². The Morgan fingerprint density at radius 3 is 2.45 bits per heavy atom. The van der Waals surface area contributed by atoms with Crippen LogP contribution in [0.2, 0.25) is 0 Å². The Kier molecular flexibility index (Phi) is 4.95. The molecule has 0 spiro atoms. The number of hydrogen-bond donors (Lipinski definition) is 0. The summed E-state index contributed by atoms with van der Waals surface area (Å²) in [5, 5.41) is 0. The van der Waals surface area contributed by atoms with E-state index in [4.69, 9.17) is 4.74 Å². The Balaban J connectivity index is 2.13. The number of alkyl halides is 3. The van der Waals surface area contributed by atoms with Gasteiger partial charge in [0.25, 0.3) is 0 Å². The predicted octanol–water partition coefficient (Wildman–Crippen LogP) is 2.79. The van der Waals surface area contributed by atoms with Gasteiger partial charge in [0.05, 0.1) is 12.5 Å². The third-order valence-corrected chi connectivity index (χ3v) is 3.63. The average Bonchev–Trinajstić information content (AvgIpc) is 2.80. The lowest BCUT2D eigenvalue weighted by Gasteiger charge is -2.18. The molecule has 0 aliphatic carbocycles. The number of nitrogens with zero attached hydrogens (tertiary/aromatic N) is 1. The number of carbonyl (C=O) groups is 1. The lowest BCUT2D eigenvalue weighted by atomic mass is 9.89. The number of halogens is 3. The maximum atomic E-state index is 12.2. The van der Waals surface area contributed by atoms with Gasteiger partial charge in [-0.05, 0) is 31.7 Å². The smallest absolute Gasteiger partial charge is 0.466 e. The molecule has 1 fully saturated rings. The highest BCUT2D eigenvalue weighted by molar-refractivity contribution is 5.74. The van der Waals surface area contributed by atoms with E-state index in [1.165, 1.54) is 12.1 Å². The minimum Gasteiger partial charge on any atom is -0.466 e. The van der Waals surface area contributed by atoms with Crippen molar-refractivity contribution < 1.29 is 27.4 Å². The fourth-order valence-corrected chi connectivity index (χ4v) is 2.74. The fraction of sp³-hybridized carbons (Fsp3) is 0.533. The van der Waals surface area contributed by atoms with Crippen molar-refractivity contribution in [2.45, 2.75) is 19.2 Å². The molecule has 0 saturated carbocycles. The Labute approximate surface area is 126 Å². The molecule has 122 valence electrons. The zero-order chi connectivity index (χ0) is 16.3. The Morgan fingerprint density at radius 1 is 1.27 bits per heavy atom. The van der Waals surface area contributed by atoms with Gasteiger partial charge in [-0.15, -0.1) is 13.2 Å². The molecule has 2 rings (SSSR count). The number of rotatable bonds is 4. The Morgan fingerprint density at radius 2 is 1.91 bits per heavy atom. The Hall–Kier alpha value is -1.76. The molecule has 7 heteroatoms. The second kappa shape index (κ2) is 6.56. The lowest BCUT2D eigenvalue weighted by molar-refractivity contribution is -0.274. The summed E-state index contributed by atoms with van der Waals surface area (Å²) in [6.07, 6.45) is -4.71. The van der Waals surface area contributed by atoms with E-state index in [1.807, 2.05) is 11.9 Å². The van der Waals surface area contributed by atoms with Crippen LogP contribution in [-0.4, -0.2) is 44.0 Å². The van der Waals surface area contributed by atoms with Gasteiger partial charge >= 0.3 is 12.3 Å². The van der Waals surface area contributed by atoms with Crippen LogP contribution in [0.5, 0.6) is 5.75 Å². The summed E-state index contributed by atoms with van der Waals surface area (Å²) >= 11 is 0. The van der Waals surface area contributed by atoms with Crippen LogP contribution in [0.25, 0.3) is 0 Å². The number of hydrogen-bond acceptors (Lipinski definition) is 4. The summed E-state index contributed by atoms with van der Waals surface area (Å²) in [5.74, 6) is -0.939. The van der Waals surface area contributed by atoms with Gasteiger partial charge in [0.15, 0.2) is 0 Å². The number of ether oxygens (including phenoxy) is 2. The van der Waals surface area contributed by atoms with E-state index in [1.54, 1.807) is 19.1 Å². The summed E-state index contributed by atoms with van der Waals surface area (Å²) < 4.78 is 45.4. The number of likely N-dealkylation sites (N-methyl/N-ethyl adjacent to an activating group) is 1. The van der Waals surface area contributed by atoms with Crippen LogP contribution in [0.15, 0.2) is 24.3 Å². The largest absolute Gasteiger partial charge is 0.573 e. The molecule has 1 aliphatic rings. The van der Waals surface area contributed by atoms with E-state index in [2.05, 4.69) is 4.74 Å². The summed E-state index contributed by atoms with van der Waals surface area (Å²) in [6.45, 7) is 3.28. The third-order valence-electron chi connectivity index (χ3n) is 3.63. The fourth-order valence-electron chi connectivity index (χ4n) is 2.74. The van der Waals surface area contributed by atoms with Gasteiger partial charge in [0, 0.05) is 19.0 Å². The molecule has 1 aromatic carbocycles. The molecule has 0 bridgehead atoms. The highest BCUT2D eigenvalue weighted by Gasteiger charge is 2.38. The first-order valence-corrected chi connectivity index (χ1v) is 7.01. The Bertz CT molecular complexity index is 516. The minimum atomic E-state index is -4.71. The quantitative estimate of drug-likeness (QED) is 0.801. The van der Waals surface area contributed by atoms with E-state index in [0.29, 0.717) is 19.7 Å². The lowest BCUT2D eigenvalue weighted by Crippen LogP contribution is -2.24. The first-order chi connectivity index (χ1) is 10.3. The van der Waals surface area contributed by atoms with E-state index < -0.39 is 6.36 Å². The summed E-state index contributed by atoms with van der Waals surface area (Å²) in [5.41, 5.74) is 0.803. The van der Waals surface area contributed by atoms with Crippen LogP contribution in [0.1, 0.15) is 18.4 Å². The van der Waals surface area contributed by atoms with E-state index >= 15 is 0 Å². The molecule has 1 heterocycles. The van der Waals surface area contributed by atoms with Crippen molar-refractivity contribution in [3.63, 3.8) is 0 Å². The van der Waals surface area contributed by atoms with Crippen molar-refractivity contribution in [3.8, 4) is 5.75 Å². The maximum Gasteiger partial charge on any atom is 0.573 e. The summed E-state index contributed by atoms with van der Waals surface area (Å²) in [6, 6.07) is 5.67. The topological polar surface area (TPSA) is 38.8 Å². The van der Waals surface area contributed by atoms with Crippen molar-refractivity contribution >= 4 is 5.97 Å². The highest BCUT2D eigenvalue weighted by atomic mass is 19.4. The van der Waals surface area contributed by atoms with Gasteiger partial charge in [-0.1, -0.05) is 12.1 Å². The monoisotopic (exact) mass is 317 g/mol. The number of carbonyl (C=O) groups excluding carboxylic acids is 1. The molecular formula is C15H18F3NO3. The molecule has 2 atom stereocenters. The summed E-state index contributed by atoms with van der Waals surface area (Å²) in [7, 11) is 1.90. The zero-order valence-electron chi connectivity index (χ0n) is 12.4. The first-order valence-electron chi connectivity index (χ1n) is 7.01. The van der Waals surface area contributed by atoms with Crippen LogP contribution in [0, 0.1) is 5.92 Å². The minimum absolute atomic E-state index is 0.0935. The van der Waals surface area contributed by atoms with E-state index in [9.17, 15) is 18.0 Å². The molecule has 22 heavy (non-hydrogen) atoms. The van der Waals surface area contributed by atoms with Gasteiger partial charge < -0.3 is 14.4 Å². The zero-order valence-corrected chi connectivity index (χ0v) is 12.4. The molecule has 0 N–H and O–H groups in total. The van der Waals surface area contributed by atoms with Crippen LogP contribution >= 0.6 is 0 Å². The number of esters is 1. The second-order valence-electron chi connectivity index (χ2n) is 5.30. The number of likely N-dealkylation sites (tertiary alicyclic amines) is 1. The number of benzene rings is 1. The van der Waals surface area contributed by atoms with Gasteiger partial charge in [-0.2, -0.15) is 0 Å². The van der Waals surface area contributed by atoms with Gasteiger partial charge in [0.1, 0.15) is 5.75 Å². The van der Waals surface area contributed by atoms with Crippen molar-refractivity contribution in [1.82, 2.24) is 4.90 Å². The average molecular weight is 317 g/mol. The molecule has 4 nitrogen and oxygen atoms in total. The van der Waals surface area contributed by atoms with Crippen molar-refractivity contribution in [2.24, 2.45) is 5.92 Å². The van der Waals surface area contributed by atoms with Gasteiger partial charge in [0.2, 0.25) is 0 Å². The molecule has 0 radical (unpaired) electrons. The molecule has 1 saturated heterocycles. The molecule has 1 aliphatic heterocycles. The highest BCUT2D eigenvalue weighted by Crippen LogP contribution is 2.34. The SMILES string of the molecule is CCOC(=O)C1CN(C)CC1c1ccc(OC(F)(F)F)cc1. The third kappa shape index (κ3) is 4.13. The van der Waals surface area contributed by atoms with Gasteiger partial charge in [-0.3, -0.25) is 4.79 Å². The second-order valence-corrected chi connectivity index (χ2v) is 5.30. The predicted molar refractivity (Wildman–Crippen MR) is 73.5 cm³/mol. The van der Waals surface area contributed by atoms with E-state index in [0.717, 1.165) is 5.56 Å². The van der Waals surface area contributed by atoms with Crippen LogP contribution in [-0.2, 0) is 9.53 Å². The molecule has 2 unspecified atom stereocenters. The van der Waals surface area contributed by atoms with Crippen molar-refractivity contribution in [2.75, 3.05) is 26.7 Å².